The van der Waals surface area contributed by atoms with Crippen LogP contribution in [0.5, 0.6) is 0 Å². The van der Waals surface area contributed by atoms with Gasteiger partial charge in [0.1, 0.15) is 5.82 Å². The summed E-state index contributed by atoms with van der Waals surface area (Å²) in [5, 5.41) is 0. The summed E-state index contributed by atoms with van der Waals surface area (Å²) in [5.74, 6) is -1.20. The van der Waals surface area contributed by atoms with E-state index in [4.69, 9.17) is 0 Å². The van der Waals surface area contributed by atoms with Crippen LogP contribution in [0.4, 0.5) is 17.6 Å². The van der Waals surface area contributed by atoms with Crippen LogP contribution in [0.25, 0.3) is 5.57 Å². The zero-order valence-corrected chi connectivity index (χ0v) is 11.3. The van der Waals surface area contributed by atoms with E-state index in [0.717, 1.165) is 19.0 Å². The van der Waals surface area contributed by atoms with Crippen molar-refractivity contribution in [1.82, 2.24) is 4.90 Å². The Bertz CT molecular complexity index is 505. The Hall–Kier alpha value is -1.36. The van der Waals surface area contributed by atoms with Gasteiger partial charge in [-0.1, -0.05) is 25.1 Å². The van der Waals surface area contributed by atoms with E-state index in [-0.39, 0.29) is 5.56 Å². The van der Waals surface area contributed by atoms with Crippen molar-refractivity contribution in [3.05, 3.63) is 41.2 Å². The molecule has 1 aliphatic rings. The molecule has 0 radical (unpaired) electrons. The SMILES string of the molecule is CCCN1CC=C(c2cccc(F)c2C(F)(F)F)CC1. The van der Waals surface area contributed by atoms with Gasteiger partial charge in [0.05, 0.1) is 5.56 Å². The zero-order valence-electron chi connectivity index (χ0n) is 11.3. The molecule has 20 heavy (non-hydrogen) atoms. The van der Waals surface area contributed by atoms with Crippen LogP contribution in [0.3, 0.4) is 0 Å². The van der Waals surface area contributed by atoms with Gasteiger partial charge in [-0.2, -0.15) is 13.2 Å². The molecular weight excluding hydrogens is 270 g/mol. The molecule has 1 nitrogen and oxygen atoms in total. The molecule has 0 fully saturated rings. The molecular formula is C15H17F4N. The summed E-state index contributed by atoms with van der Waals surface area (Å²) in [6.45, 7) is 4.33. The molecule has 2 rings (SSSR count). The quantitative estimate of drug-likeness (QED) is 0.747. The van der Waals surface area contributed by atoms with Gasteiger partial charge in [0.25, 0.3) is 0 Å². The van der Waals surface area contributed by atoms with Crippen LogP contribution in [-0.2, 0) is 6.18 Å². The number of benzene rings is 1. The van der Waals surface area contributed by atoms with Crippen molar-refractivity contribution in [2.75, 3.05) is 19.6 Å². The Morgan fingerprint density at radius 3 is 2.55 bits per heavy atom. The van der Waals surface area contributed by atoms with Gasteiger partial charge in [-0.3, -0.25) is 4.90 Å². The molecule has 0 amide bonds. The van der Waals surface area contributed by atoms with Gasteiger partial charge in [-0.25, -0.2) is 4.39 Å². The maximum atomic E-state index is 13.5. The second-order valence-electron chi connectivity index (χ2n) is 4.94. The molecule has 110 valence electrons. The van der Waals surface area contributed by atoms with Gasteiger partial charge in [0.15, 0.2) is 0 Å². The lowest BCUT2D eigenvalue weighted by Crippen LogP contribution is -2.29. The van der Waals surface area contributed by atoms with Crippen molar-refractivity contribution < 1.29 is 17.6 Å². The molecule has 1 aromatic carbocycles. The number of hydrogen-bond donors (Lipinski definition) is 0. The molecule has 0 saturated carbocycles. The second-order valence-corrected chi connectivity index (χ2v) is 4.94. The maximum Gasteiger partial charge on any atom is 0.419 e. The average Bonchev–Trinajstić information content (AvgIpc) is 2.38. The van der Waals surface area contributed by atoms with Gasteiger partial charge in [0.2, 0.25) is 0 Å². The summed E-state index contributed by atoms with van der Waals surface area (Å²) in [4.78, 5) is 2.18. The third-order valence-electron chi connectivity index (χ3n) is 3.48. The fourth-order valence-corrected chi connectivity index (χ4v) is 2.55. The van der Waals surface area contributed by atoms with Crippen molar-refractivity contribution in [2.24, 2.45) is 0 Å². The molecule has 0 spiro atoms. The zero-order chi connectivity index (χ0) is 14.8. The van der Waals surface area contributed by atoms with Crippen LogP contribution < -0.4 is 0 Å². The summed E-state index contributed by atoms with van der Waals surface area (Å²) in [6, 6.07) is 3.55. The molecule has 0 saturated heterocycles. The molecule has 5 heteroatoms. The van der Waals surface area contributed by atoms with Gasteiger partial charge >= 0.3 is 6.18 Å². The van der Waals surface area contributed by atoms with Crippen LogP contribution in [-0.4, -0.2) is 24.5 Å². The molecule has 1 heterocycles. The fourth-order valence-electron chi connectivity index (χ4n) is 2.55. The number of halogens is 4. The summed E-state index contributed by atoms with van der Waals surface area (Å²) in [5.41, 5.74) is -0.576. The minimum atomic E-state index is -4.66. The molecule has 0 aromatic heterocycles. The van der Waals surface area contributed by atoms with Crippen LogP contribution in [0.2, 0.25) is 0 Å². The highest BCUT2D eigenvalue weighted by atomic mass is 19.4. The van der Waals surface area contributed by atoms with Crippen molar-refractivity contribution >= 4 is 5.57 Å². The average molecular weight is 287 g/mol. The van der Waals surface area contributed by atoms with E-state index in [1.807, 2.05) is 0 Å². The summed E-state index contributed by atoms with van der Waals surface area (Å²) >= 11 is 0. The minimum Gasteiger partial charge on any atom is -0.299 e. The van der Waals surface area contributed by atoms with E-state index < -0.39 is 17.6 Å². The monoisotopic (exact) mass is 287 g/mol. The predicted octanol–water partition coefficient (Wildman–Crippen LogP) is 4.34. The first kappa shape index (κ1) is 15.0. The standard InChI is InChI=1S/C15H17F4N/c1-2-8-20-9-6-11(7-10-20)12-4-3-5-13(16)14(12)15(17,18)19/h3-6H,2,7-10H2,1H3. The van der Waals surface area contributed by atoms with E-state index in [2.05, 4.69) is 11.8 Å². The second kappa shape index (κ2) is 5.95. The van der Waals surface area contributed by atoms with Crippen LogP contribution in [0.15, 0.2) is 24.3 Å². The Labute approximate surface area is 115 Å². The predicted molar refractivity (Wildman–Crippen MR) is 70.7 cm³/mol. The first-order chi connectivity index (χ1) is 9.43. The van der Waals surface area contributed by atoms with Crippen molar-refractivity contribution in [2.45, 2.75) is 25.9 Å². The van der Waals surface area contributed by atoms with Crippen LogP contribution in [0.1, 0.15) is 30.9 Å². The number of hydrogen-bond acceptors (Lipinski definition) is 1. The minimum absolute atomic E-state index is 0.0198. The lowest BCUT2D eigenvalue weighted by atomic mass is 9.94. The normalized spacial score (nSPS) is 17.1. The Morgan fingerprint density at radius 1 is 1.25 bits per heavy atom. The molecule has 0 atom stereocenters. The summed E-state index contributed by atoms with van der Waals surface area (Å²) in [7, 11) is 0. The topological polar surface area (TPSA) is 3.24 Å². The van der Waals surface area contributed by atoms with E-state index in [1.165, 1.54) is 12.1 Å². The Kier molecular flexibility index (Phi) is 4.48. The smallest absolute Gasteiger partial charge is 0.299 e. The Morgan fingerprint density at radius 2 is 2.00 bits per heavy atom. The first-order valence-corrected chi connectivity index (χ1v) is 6.71. The number of nitrogens with zero attached hydrogens (tertiary/aromatic N) is 1. The van der Waals surface area contributed by atoms with E-state index in [0.29, 0.717) is 25.1 Å². The van der Waals surface area contributed by atoms with Crippen molar-refractivity contribution in [1.29, 1.82) is 0 Å². The third-order valence-corrected chi connectivity index (χ3v) is 3.48. The molecule has 1 aromatic rings. The van der Waals surface area contributed by atoms with Gasteiger partial charge < -0.3 is 0 Å². The number of alkyl halides is 3. The Balaban J connectivity index is 2.33. The number of rotatable bonds is 3. The summed E-state index contributed by atoms with van der Waals surface area (Å²) < 4.78 is 52.5. The molecule has 0 N–H and O–H groups in total. The van der Waals surface area contributed by atoms with Gasteiger partial charge in [0, 0.05) is 13.1 Å². The lowest BCUT2D eigenvalue weighted by molar-refractivity contribution is -0.140. The molecule has 0 bridgehead atoms. The van der Waals surface area contributed by atoms with Gasteiger partial charge in [-0.05, 0) is 36.6 Å². The van der Waals surface area contributed by atoms with Crippen LogP contribution >= 0.6 is 0 Å². The van der Waals surface area contributed by atoms with E-state index in [9.17, 15) is 17.6 Å². The summed E-state index contributed by atoms with van der Waals surface area (Å²) in [6.07, 6.45) is -1.35. The largest absolute Gasteiger partial charge is 0.419 e. The highest BCUT2D eigenvalue weighted by Gasteiger charge is 2.37. The third kappa shape index (κ3) is 3.20. The van der Waals surface area contributed by atoms with E-state index in [1.54, 1.807) is 6.08 Å². The lowest BCUT2D eigenvalue weighted by Gasteiger charge is -2.27. The molecule has 0 unspecified atom stereocenters. The highest BCUT2D eigenvalue weighted by molar-refractivity contribution is 5.70. The van der Waals surface area contributed by atoms with Crippen molar-refractivity contribution in [3.63, 3.8) is 0 Å². The maximum absolute atomic E-state index is 13.5. The van der Waals surface area contributed by atoms with Gasteiger partial charge in [-0.15, -0.1) is 0 Å². The first-order valence-electron chi connectivity index (χ1n) is 6.71. The fraction of sp³-hybridized carbons (Fsp3) is 0.467. The van der Waals surface area contributed by atoms with Crippen LogP contribution in [0, 0.1) is 5.82 Å². The van der Waals surface area contributed by atoms with Crippen molar-refractivity contribution in [3.8, 4) is 0 Å². The molecule has 0 aliphatic carbocycles. The molecule has 1 aliphatic heterocycles. The van der Waals surface area contributed by atoms with E-state index >= 15 is 0 Å². The highest BCUT2D eigenvalue weighted by Crippen LogP contribution is 2.38.